The maximum atomic E-state index is 6.01. The SMILES string of the molecule is C[Si](C)(C)CCOCn1ncc(N)c1-c1ccccc1. The van der Waals surface area contributed by atoms with Crippen molar-refractivity contribution < 1.29 is 4.74 Å². The van der Waals surface area contributed by atoms with E-state index in [1.54, 1.807) is 6.20 Å². The highest BCUT2D eigenvalue weighted by Crippen LogP contribution is 2.25. The summed E-state index contributed by atoms with van der Waals surface area (Å²) in [5.74, 6) is 0. The lowest BCUT2D eigenvalue weighted by atomic mass is 10.1. The van der Waals surface area contributed by atoms with E-state index in [0.717, 1.165) is 23.9 Å². The summed E-state index contributed by atoms with van der Waals surface area (Å²) in [5.41, 5.74) is 8.70. The second-order valence-electron chi connectivity index (χ2n) is 6.16. The van der Waals surface area contributed by atoms with Gasteiger partial charge in [-0.05, 0) is 6.04 Å². The molecule has 0 saturated carbocycles. The average molecular weight is 289 g/mol. The number of anilines is 1. The van der Waals surface area contributed by atoms with Crippen LogP contribution in [0.4, 0.5) is 5.69 Å². The van der Waals surface area contributed by atoms with Gasteiger partial charge in [0, 0.05) is 20.2 Å². The van der Waals surface area contributed by atoms with E-state index in [1.165, 1.54) is 0 Å². The van der Waals surface area contributed by atoms with E-state index in [0.29, 0.717) is 12.4 Å². The van der Waals surface area contributed by atoms with Crippen molar-refractivity contribution in [3.63, 3.8) is 0 Å². The maximum absolute atomic E-state index is 6.01. The minimum atomic E-state index is -1.05. The molecule has 0 atom stereocenters. The molecule has 0 aliphatic heterocycles. The molecule has 0 aliphatic carbocycles. The number of hydrogen-bond donors (Lipinski definition) is 1. The first kappa shape index (κ1) is 14.8. The van der Waals surface area contributed by atoms with Crippen LogP contribution in [0.15, 0.2) is 36.5 Å². The minimum Gasteiger partial charge on any atom is -0.396 e. The van der Waals surface area contributed by atoms with Gasteiger partial charge in [-0.2, -0.15) is 5.10 Å². The molecule has 0 bridgehead atoms. The van der Waals surface area contributed by atoms with Crippen LogP contribution in [0.1, 0.15) is 0 Å². The zero-order chi connectivity index (χ0) is 14.6. The summed E-state index contributed by atoms with van der Waals surface area (Å²) in [5, 5.41) is 4.30. The largest absolute Gasteiger partial charge is 0.396 e. The standard InChI is InChI=1S/C15H23N3OSi/c1-20(2,3)10-9-19-12-18-15(14(16)11-17-18)13-7-5-4-6-8-13/h4-8,11H,9-10,12,16H2,1-3H3. The summed E-state index contributed by atoms with van der Waals surface area (Å²) < 4.78 is 7.58. The molecule has 1 aromatic carbocycles. The number of hydrogen-bond acceptors (Lipinski definition) is 3. The molecule has 0 amide bonds. The maximum Gasteiger partial charge on any atom is 0.140 e. The van der Waals surface area contributed by atoms with Gasteiger partial charge in [-0.25, -0.2) is 4.68 Å². The van der Waals surface area contributed by atoms with Crippen LogP contribution < -0.4 is 5.73 Å². The highest BCUT2D eigenvalue weighted by Gasteiger charge is 2.13. The molecule has 20 heavy (non-hydrogen) atoms. The van der Waals surface area contributed by atoms with Crippen molar-refractivity contribution in [2.45, 2.75) is 32.4 Å². The summed E-state index contributed by atoms with van der Waals surface area (Å²) in [6.07, 6.45) is 1.68. The zero-order valence-corrected chi connectivity index (χ0v) is 13.5. The minimum absolute atomic E-state index is 0.450. The Labute approximate surface area is 121 Å². The molecule has 108 valence electrons. The Hall–Kier alpha value is -1.59. The molecule has 0 fully saturated rings. The van der Waals surface area contributed by atoms with Gasteiger partial charge in [0.1, 0.15) is 6.73 Å². The predicted molar refractivity (Wildman–Crippen MR) is 86.2 cm³/mol. The van der Waals surface area contributed by atoms with Crippen LogP contribution in [-0.2, 0) is 11.5 Å². The van der Waals surface area contributed by atoms with Crippen molar-refractivity contribution in [1.82, 2.24) is 9.78 Å². The molecule has 1 aromatic heterocycles. The normalized spacial score (nSPS) is 11.8. The van der Waals surface area contributed by atoms with E-state index in [2.05, 4.69) is 24.7 Å². The zero-order valence-electron chi connectivity index (χ0n) is 12.5. The fourth-order valence-electron chi connectivity index (χ4n) is 1.94. The van der Waals surface area contributed by atoms with Crippen LogP contribution in [0.25, 0.3) is 11.3 Å². The third kappa shape index (κ3) is 3.95. The third-order valence-electron chi connectivity index (χ3n) is 3.12. The fraction of sp³-hybridized carbons (Fsp3) is 0.400. The van der Waals surface area contributed by atoms with E-state index in [1.807, 2.05) is 35.0 Å². The van der Waals surface area contributed by atoms with Crippen molar-refractivity contribution in [1.29, 1.82) is 0 Å². The summed E-state index contributed by atoms with van der Waals surface area (Å²) in [4.78, 5) is 0. The van der Waals surface area contributed by atoms with Crippen molar-refractivity contribution in [2.24, 2.45) is 0 Å². The van der Waals surface area contributed by atoms with E-state index in [4.69, 9.17) is 10.5 Å². The number of benzene rings is 1. The molecule has 2 rings (SSSR count). The smallest absolute Gasteiger partial charge is 0.140 e. The fourth-order valence-corrected chi connectivity index (χ4v) is 2.70. The van der Waals surface area contributed by atoms with Gasteiger partial charge >= 0.3 is 0 Å². The number of nitrogen functional groups attached to an aromatic ring is 1. The lowest BCUT2D eigenvalue weighted by Gasteiger charge is -2.16. The Morgan fingerprint density at radius 1 is 1.20 bits per heavy atom. The second-order valence-corrected chi connectivity index (χ2v) is 11.8. The van der Waals surface area contributed by atoms with E-state index in [-0.39, 0.29) is 0 Å². The summed E-state index contributed by atoms with van der Waals surface area (Å²) >= 11 is 0. The van der Waals surface area contributed by atoms with Gasteiger partial charge in [-0.1, -0.05) is 50.0 Å². The first-order chi connectivity index (χ1) is 9.47. The molecule has 1 heterocycles. The quantitative estimate of drug-likeness (QED) is 0.654. The Bertz CT molecular complexity index is 546. The van der Waals surface area contributed by atoms with Gasteiger partial charge in [0.15, 0.2) is 0 Å². The van der Waals surface area contributed by atoms with Gasteiger partial charge in [0.05, 0.1) is 17.6 Å². The van der Waals surface area contributed by atoms with Crippen molar-refractivity contribution in [3.8, 4) is 11.3 Å². The van der Waals surface area contributed by atoms with E-state index >= 15 is 0 Å². The molecule has 0 spiro atoms. The lowest BCUT2D eigenvalue weighted by Crippen LogP contribution is -2.22. The van der Waals surface area contributed by atoms with Gasteiger partial charge in [0.25, 0.3) is 0 Å². The number of aromatic nitrogens is 2. The van der Waals surface area contributed by atoms with Crippen LogP contribution >= 0.6 is 0 Å². The first-order valence-electron chi connectivity index (χ1n) is 6.92. The molecule has 0 aliphatic rings. The molecule has 4 nitrogen and oxygen atoms in total. The Morgan fingerprint density at radius 2 is 1.90 bits per heavy atom. The number of nitrogens with zero attached hydrogens (tertiary/aromatic N) is 2. The lowest BCUT2D eigenvalue weighted by molar-refractivity contribution is 0.0798. The summed E-state index contributed by atoms with van der Waals surface area (Å²) in [6, 6.07) is 11.2. The molecular weight excluding hydrogens is 266 g/mol. The highest BCUT2D eigenvalue weighted by molar-refractivity contribution is 6.76. The topological polar surface area (TPSA) is 53.1 Å². The molecule has 0 unspecified atom stereocenters. The van der Waals surface area contributed by atoms with Gasteiger partial charge in [-0.15, -0.1) is 0 Å². The molecule has 2 N–H and O–H groups in total. The van der Waals surface area contributed by atoms with Crippen LogP contribution in [0.5, 0.6) is 0 Å². The number of rotatable bonds is 6. The van der Waals surface area contributed by atoms with Gasteiger partial charge in [-0.3, -0.25) is 0 Å². The van der Waals surface area contributed by atoms with Crippen molar-refractivity contribution >= 4 is 13.8 Å². The molecular formula is C15H23N3OSi. The Balaban J connectivity index is 2.03. The number of nitrogens with two attached hydrogens (primary N) is 1. The van der Waals surface area contributed by atoms with Crippen LogP contribution in [0, 0.1) is 0 Å². The second kappa shape index (κ2) is 6.24. The van der Waals surface area contributed by atoms with E-state index in [9.17, 15) is 0 Å². The van der Waals surface area contributed by atoms with Crippen molar-refractivity contribution in [2.75, 3.05) is 12.3 Å². The monoisotopic (exact) mass is 289 g/mol. The molecule has 0 saturated heterocycles. The third-order valence-corrected chi connectivity index (χ3v) is 4.83. The van der Waals surface area contributed by atoms with E-state index < -0.39 is 8.07 Å². The summed E-state index contributed by atoms with van der Waals surface area (Å²) in [6.45, 7) is 8.27. The summed E-state index contributed by atoms with van der Waals surface area (Å²) in [7, 11) is -1.05. The molecule has 5 heteroatoms. The number of ether oxygens (including phenoxy) is 1. The first-order valence-corrected chi connectivity index (χ1v) is 10.6. The predicted octanol–water partition coefficient (Wildman–Crippen LogP) is 3.44. The van der Waals surface area contributed by atoms with Crippen LogP contribution in [0.3, 0.4) is 0 Å². The van der Waals surface area contributed by atoms with Crippen LogP contribution in [0.2, 0.25) is 25.7 Å². The van der Waals surface area contributed by atoms with Crippen molar-refractivity contribution in [3.05, 3.63) is 36.5 Å². The Kier molecular flexibility index (Phi) is 4.62. The van der Waals surface area contributed by atoms with Gasteiger partial charge in [0.2, 0.25) is 0 Å². The van der Waals surface area contributed by atoms with Gasteiger partial charge < -0.3 is 10.5 Å². The highest BCUT2D eigenvalue weighted by atomic mass is 28.3. The van der Waals surface area contributed by atoms with Crippen LogP contribution in [-0.4, -0.2) is 24.5 Å². The Morgan fingerprint density at radius 3 is 2.55 bits per heavy atom. The molecule has 2 aromatic rings. The average Bonchev–Trinajstić information content (AvgIpc) is 2.76. The molecule has 0 radical (unpaired) electrons.